The van der Waals surface area contributed by atoms with Crippen LogP contribution in [0.4, 0.5) is 0 Å². The second-order valence-electron chi connectivity index (χ2n) is 28.6. The van der Waals surface area contributed by atoms with Gasteiger partial charge in [0.15, 0.2) is 12.2 Å². The average Bonchev–Trinajstić information content (AvgIpc) is 1.54. The first-order valence-corrected chi connectivity index (χ1v) is 43.6. The number of rotatable bonds is 78. The molecule has 0 saturated heterocycles. The molecule has 5 atom stereocenters. The number of hydrogen-bond acceptors (Lipinski definition) is 15. The maximum absolute atomic E-state index is 13.1. The van der Waals surface area contributed by atoms with Gasteiger partial charge < -0.3 is 33.8 Å². The number of aliphatic hydroxyl groups is 1. The van der Waals surface area contributed by atoms with Crippen LogP contribution < -0.4 is 0 Å². The van der Waals surface area contributed by atoms with Crippen LogP contribution in [-0.4, -0.2) is 96.7 Å². The van der Waals surface area contributed by atoms with E-state index in [9.17, 15) is 43.2 Å². The summed E-state index contributed by atoms with van der Waals surface area (Å²) in [6.07, 6.45) is 60.9. The molecular weight excluding hydrogens is 1270 g/mol. The highest BCUT2D eigenvalue weighted by Crippen LogP contribution is 2.45. The molecule has 0 radical (unpaired) electrons. The Morgan fingerprint density at radius 2 is 0.474 bits per heavy atom. The molecule has 19 heteroatoms. The van der Waals surface area contributed by atoms with Gasteiger partial charge in [-0.2, -0.15) is 0 Å². The van der Waals surface area contributed by atoms with Gasteiger partial charge in [0.1, 0.15) is 19.3 Å². The topological polar surface area (TPSA) is 237 Å². The number of esters is 4. The minimum absolute atomic E-state index is 0.107. The Balaban J connectivity index is 5.26. The van der Waals surface area contributed by atoms with Crippen molar-refractivity contribution in [3.05, 3.63) is 0 Å². The molecule has 0 aliphatic carbocycles. The molecule has 576 valence electrons. The van der Waals surface area contributed by atoms with E-state index in [4.69, 9.17) is 37.0 Å². The smallest absolute Gasteiger partial charge is 0.462 e. The van der Waals surface area contributed by atoms with E-state index in [1.165, 1.54) is 238 Å². The highest BCUT2D eigenvalue weighted by atomic mass is 31.2. The first-order valence-electron chi connectivity index (χ1n) is 40.6. The lowest BCUT2D eigenvalue weighted by molar-refractivity contribution is -0.161. The zero-order chi connectivity index (χ0) is 71.2. The van der Waals surface area contributed by atoms with Crippen molar-refractivity contribution in [2.24, 2.45) is 5.92 Å². The van der Waals surface area contributed by atoms with Gasteiger partial charge in [0.2, 0.25) is 0 Å². The number of phosphoric acid groups is 2. The highest BCUT2D eigenvalue weighted by Gasteiger charge is 2.30. The summed E-state index contributed by atoms with van der Waals surface area (Å²) in [5, 5.41) is 10.6. The van der Waals surface area contributed by atoms with Crippen LogP contribution in [0.15, 0.2) is 0 Å². The fourth-order valence-corrected chi connectivity index (χ4v) is 13.6. The summed E-state index contributed by atoms with van der Waals surface area (Å²) < 4.78 is 68.6. The lowest BCUT2D eigenvalue weighted by Crippen LogP contribution is -2.30. The van der Waals surface area contributed by atoms with E-state index in [-0.39, 0.29) is 25.7 Å². The molecule has 97 heavy (non-hydrogen) atoms. The summed E-state index contributed by atoms with van der Waals surface area (Å²) in [5.41, 5.74) is 0. The number of aliphatic hydroxyl groups excluding tert-OH is 1. The zero-order valence-corrected chi connectivity index (χ0v) is 65.0. The molecule has 17 nitrogen and oxygen atoms in total. The van der Waals surface area contributed by atoms with Crippen molar-refractivity contribution < 1.29 is 80.2 Å². The predicted octanol–water partition coefficient (Wildman–Crippen LogP) is 23.3. The quantitative estimate of drug-likeness (QED) is 0.0222. The summed E-state index contributed by atoms with van der Waals surface area (Å²) in [7, 11) is -9.91. The van der Waals surface area contributed by atoms with E-state index < -0.39 is 97.5 Å². The van der Waals surface area contributed by atoms with Gasteiger partial charge in [-0.1, -0.05) is 362 Å². The van der Waals surface area contributed by atoms with Crippen molar-refractivity contribution in [2.45, 2.75) is 432 Å². The second kappa shape index (κ2) is 71.1. The molecular formula is C78H152O17P2. The fourth-order valence-electron chi connectivity index (χ4n) is 12.1. The Morgan fingerprint density at radius 1 is 0.278 bits per heavy atom. The van der Waals surface area contributed by atoms with E-state index in [2.05, 4.69) is 34.6 Å². The van der Waals surface area contributed by atoms with Gasteiger partial charge in [-0.15, -0.1) is 0 Å². The molecule has 0 saturated carbocycles. The van der Waals surface area contributed by atoms with Gasteiger partial charge in [0.25, 0.3) is 0 Å². The van der Waals surface area contributed by atoms with E-state index in [1.54, 1.807) is 0 Å². The lowest BCUT2D eigenvalue weighted by atomic mass is 10.0. The number of phosphoric ester groups is 2. The summed E-state index contributed by atoms with van der Waals surface area (Å²) in [6.45, 7) is 7.31. The second-order valence-corrected chi connectivity index (χ2v) is 31.5. The molecule has 0 fully saturated rings. The molecule has 0 spiro atoms. The molecule has 0 aromatic heterocycles. The minimum atomic E-state index is -4.96. The van der Waals surface area contributed by atoms with Crippen LogP contribution in [0, 0.1) is 5.92 Å². The van der Waals surface area contributed by atoms with E-state index >= 15 is 0 Å². The SMILES string of the molecule is CCCCCCCCCCCCCCCCCCCC(=O)O[C@H](COC(=O)CCCCCCCCCCCCCCCCC)COP(=O)(O)OC[C@@H](O)COP(=O)(O)OC[C@@H](COC(=O)CCCCCCCCCCCCCC)OC(=O)CCCCCCCCCCCCC(C)C. The first kappa shape index (κ1) is 95.1. The number of carbonyl (C=O) groups is 4. The summed E-state index contributed by atoms with van der Waals surface area (Å²) in [6, 6.07) is 0. The standard InChI is InChI=1S/C78H152O17P2/c1-6-9-12-15-18-21-24-27-29-30-32-34-37-43-48-53-58-63-77(82)94-73(67-89-76(81)62-57-52-47-42-36-33-31-28-25-22-19-16-13-10-7-2)69-92-96(84,85)90-65-72(79)66-91-97(86,87)93-70-74(68-88-75(80)61-56-51-46-41-35-26-23-20-17-14-11-8-3)95-78(83)64-59-54-49-44-39-38-40-45-50-55-60-71(4)5/h71-74,79H,6-70H2,1-5H3,(H,84,85)(H,86,87)/t72-,73-,74-/m1/s1. The van der Waals surface area contributed by atoms with Crippen molar-refractivity contribution in [3.63, 3.8) is 0 Å². The van der Waals surface area contributed by atoms with Crippen LogP contribution in [0.5, 0.6) is 0 Å². The number of hydrogen-bond donors (Lipinski definition) is 3. The summed E-state index contributed by atoms with van der Waals surface area (Å²) in [4.78, 5) is 72.9. The van der Waals surface area contributed by atoms with Gasteiger partial charge in [-0.05, 0) is 31.6 Å². The summed E-state index contributed by atoms with van der Waals surface area (Å²) in [5.74, 6) is -1.36. The van der Waals surface area contributed by atoms with Gasteiger partial charge >= 0.3 is 39.5 Å². The molecule has 0 aliphatic heterocycles. The molecule has 0 aromatic rings. The van der Waals surface area contributed by atoms with Crippen LogP contribution >= 0.6 is 15.6 Å². The number of ether oxygens (including phenoxy) is 4. The summed E-state index contributed by atoms with van der Waals surface area (Å²) >= 11 is 0. The first-order chi connectivity index (χ1) is 47.0. The van der Waals surface area contributed by atoms with Crippen LogP contribution in [0.25, 0.3) is 0 Å². The van der Waals surface area contributed by atoms with Gasteiger partial charge in [0.05, 0.1) is 26.4 Å². The third kappa shape index (κ3) is 72.2. The molecule has 2 unspecified atom stereocenters. The van der Waals surface area contributed by atoms with Crippen molar-refractivity contribution in [3.8, 4) is 0 Å². The predicted molar refractivity (Wildman–Crippen MR) is 395 cm³/mol. The van der Waals surface area contributed by atoms with Gasteiger partial charge in [-0.25, -0.2) is 9.13 Å². The largest absolute Gasteiger partial charge is 0.472 e. The Hall–Kier alpha value is -1.94. The molecule has 3 N–H and O–H groups in total. The molecule has 0 bridgehead atoms. The maximum Gasteiger partial charge on any atom is 0.472 e. The molecule has 0 heterocycles. The minimum Gasteiger partial charge on any atom is -0.462 e. The maximum atomic E-state index is 13.1. The average molecular weight is 1420 g/mol. The van der Waals surface area contributed by atoms with E-state index in [1.807, 2.05) is 0 Å². The molecule has 0 amide bonds. The Bertz CT molecular complexity index is 1860. The molecule has 0 rings (SSSR count). The third-order valence-corrected chi connectivity index (χ3v) is 20.2. The van der Waals surface area contributed by atoms with Crippen molar-refractivity contribution in [1.29, 1.82) is 0 Å². The highest BCUT2D eigenvalue weighted by molar-refractivity contribution is 7.47. The number of unbranched alkanes of at least 4 members (excludes halogenated alkanes) is 50. The molecule has 0 aromatic carbocycles. The lowest BCUT2D eigenvalue weighted by Gasteiger charge is -2.21. The third-order valence-electron chi connectivity index (χ3n) is 18.3. The van der Waals surface area contributed by atoms with E-state index in [0.29, 0.717) is 25.7 Å². The van der Waals surface area contributed by atoms with Crippen LogP contribution in [0.3, 0.4) is 0 Å². The number of carbonyl (C=O) groups excluding carboxylic acids is 4. The van der Waals surface area contributed by atoms with Crippen molar-refractivity contribution in [2.75, 3.05) is 39.6 Å². The van der Waals surface area contributed by atoms with Crippen LogP contribution in [0.1, 0.15) is 413 Å². The fraction of sp³-hybridized carbons (Fsp3) is 0.949. The Morgan fingerprint density at radius 3 is 0.701 bits per heavy atom. The Kier molecular flexibility index (Phi) is 69.6. The zero-order valence-electron chi connectivity index (χ0n) is 63.2. The van der Waals surface area contributed by atoms with Crippen molar-refractivity contribution in [1.82, 2.24) is 0 Å². The van der Waals surface area contributed by atoms with Crippen LogP contribution in [-0.2, 0) is 65.4 Å². The Labute approximate surface area is 594 Å². The van der Waals surface area contributed by atoms with E-state index in [0.717, 1.165) is 95.8 Å². The van der Waals surface area contributed by atoms with Gasteiger partial charge in [0, 0.05) is 25.7 Å². The molecule has 0 aliphatic rings. The normalized spacial score (nSPS) is 13.9. The van der Waals surface area contributed by atoms with Crippen molar-refractivity contribution >= 4 is 39.5 Å². The van der Waals surface area contributed by atoms with Crippen LogP contribution in [0.2, 0.25) is 0 Å². The monoisotopic (exact) mass is 1420 g/mol. The van der Waals surface area contributed by atoms with Gasteiger partial charge in [-0.3, -0.25) is 37.3 Å².